The van der Waals surface area contributed by atoms with Crippen molar-refractivity contribution >= 4 is 0 Å². The first kappa shape index (κ1) is 17.4. The monoisotopic (exact) mass is 347 g/mol. The van der Waals surface area contributed by atoms with Gasteiger partial charge in [-0.05, 0) is 74.1 Å². The second kappa shape index (κ2) is 7.28. The summed E-state index contributed by atoms with van der Waals surface area (Å²) >= 11 is 0. The molecule has 0 saturated carbocycles. The summed E-state index contributed by atoms with van der Waals surface area (Å²) in [5.74, 6) is 1.03. The maximum absolute atomic E-state index is 6.18. The number of ether oxygens (including phenoxy) is 1. The normalized spacial score (nSPS) is 18.0. The van der Waals surface area contributed by atoms with Gasteiger partial charge in [0.2, 0.25) is 0 Å². The van der Waals surface area contributed by atoms with Gasteiger partial charge in [-0.2, -0.15) is 0 Å². The molecule has 1 aliphatic carbocycles. The Morgan fingerprint density at radius 2 is 1.96 bits per heavy atom. The molecular weight excluding hydrogens is 318 g/mol. The molecular formula is C24H29NO. The number of hydrogen-bond acceptors (Lipinski definition) is 2. The summed E-state index contributed by atoms with van der Waals surface area (Å²) in [4.78, 5) is 2.69. The van der Waals surface area contributed by atoms with Crippen molar-refractivity contribution in [1.29, 1.82) is 0 Å². The highest BCUT2D eigenvalue weighted by atomic mass is 16.5. The largest absolute Gasteiger partial charge is 0.489 e. The van der Waals surface area contributed by atoms with Gasteiger partial charge in [-0.25, -0.2) is 0 Å². The number of allylic oxidation sites excluding steroid dienone is 1. The fourth-order valence-corrected chi connectivity index (χ4v) is 4.51. The maximum Gasteiger partial charge on any atom is 0.127 e. The minimum Gasteiger partial charge on any atom is -0.489 e. The molecule has 0 amide bonds. The van der Waals surface area contributed by atoms with Gasteiger partial charge in [-0.15, -0.1) is 0 Å². The van der Waals surface area contributed by atoms with E-state index in [0.717, 1.165) is 18.6 Å². The number of hydrogen-bond donors (Lipinski definition) is 0. The minimum atomic E-state index is 0.524. The smallest absolute Gasteiger partial charge is 0.127 e. The van der Waals surface area contributed by atoms with E-state index < -0.39 is 0 Å². The van der Waals surface area contributed by atoms with Gasteiger partial charge >= 0.3 is 0 Å². The standard InChI is InChI=1S/C24H29NO/c1-4-13-25-14-11-18-7-5-9-20-23(18)21(25)16-19-8-6-10-22(24(19)20)26-15-12-17(2)3/h5-10,12,21H,4,11,13-16H2,1-3H3/t21-/m1/s1. The van der Waals surface area contributed by atoms with Gasteiger partial charge in [0.1, 0.15) is 12.4 Å². The number of nitrogens with zero attached hydrogens (tertiary/aromatic N) is 1. The van der Waals surface area contributed by atoms with Crippen LogP contribution < -0.4 is 4.74 Å². The van der Waals surface area contributed by atoms with E-state index in [2.05, 4.69) is 68.1 Å². The van der Waals surface area contributed by atoms with Gasteiger partial charge in [-0.3, -0.25) is 4.90 Å². The molecule has 2 aliphatic rings. The fourth-order valence-electron chi connectivity index (χ4n) is 4.51. The van der Waals surface area contributed by atoms with Crippen molar-refractivity contribution < 1.29 is 4.74 Å². The molecule has 2 aromatic rings. The zero-order chi connectivity index (χ0) is 18.1. The van der Waals surface area contributed by atoms with Crippen molar-refractivity contribution in [2.75, 3.05) is 19.7 Å². The Balaban J connectivity index is 1.78. The Hall–Kier alpha value is -2.06. The third-order valence-corrected chi connectivity index (χ3v) is 5.68. The first-order valence-electron chi connectivity index (χ1n) is 9.93. The predicted octanol–water partition coefficient (Wildman–Crippen LogP) is 5.56. The van der Waals surface area contributed by atoms with Crippen LogP contribution in [0, 0.1) is 0 Å². The van der Waals surface area contributed by atoms with Crippen LogP contribution in [0.25, 0.3) is 11.1 Å². The molecule has 1 atom stereocenters. The van der Waals surface area contributed by atoms with Crippen molar-refractivity contribution in [3.63, 3.8) is 0 Å². The Bertz CT molecular complexity index is 832. The molecule has 0 radical (unpaired) electrons. The molecule has 0 bridgehead atoms. The van der Waals surface area contributed by atoms with Crippen LogP contribution in [0.2, 0.25) is 0 Å². The summed E-state index contributed by atoms with van der Waals surface area (Å²) in [6, 6.07) is 13.9. The minimum absolute atomic E-state index is 0.524. The van der Waals surface area contributed by atoms with Crippen LogP contribution in [0.4, 0.5) is 0 Å². The SMILES string of the molecule is CCCN1CCc2cccc3c2[C@H]1Cc1cccc(OCC=C(C)C)c1-3. The average molecular weight is 348 g/mol. The van der Waals surface area contributed by atoms with Crippen molar-refractivity contribution in [3.05, 3.63) is 64.7 Å². The van der Waals surface area contributed by atoms with Gasteiger partial charge in [0.25, 0.3) is 0 Å². The van der Waals surface area contributed by atoms with Gasteiger partial charge in [0.15, 0.2) is 0 Å². The quantitative estimate of drug-likeness (QED) is 0.656. The van der Waals surface area contributed by atoms with E-state index in [4.69, 9.17) is 4.74 Å². The number of fused-ring (bicyclic) bond motifs is 2. The molecule has 2 nitrogen and oxygen atoms in total. The molecule has 2 heteroatoms. The van der Waals surface area contributed by atoms with E-state index in [9.17, 15) is 0 Å². The highest BCUT2D eigenvalue weighted by Crippen LogP contribution is 2.48. The first-order chi connectivity index (χ1) is 12.7. The van der Waals surface area contributed by atoms with E-state index in [-0.39, 0.29) is 0 Å². The molecule has 1 heterocycles. The van der Waals surface area contributed by atoms with Crippen LogP contribution in [-0.2, 0) is 12.8 Å². The molecule has 1 aliphatic heterocycles. The zero-order valence-electron chi connectivity index (χ0n) is 16.2. The van der Waals surface area contributed by atoms with Crippen LogP contribution >= 0.6 is 0 Å². The van der Waals surface area contributed by atoms with Gasteiger partial charge in [-0.1, -0.05) is 42.8 Å². The summed E-state index contributed by atoms with van der Waals surface area (Å²) < 4.78 is 6.18. The molecule has 26 heavy (non-hydrogen) atoms. The van der Waals surface area contributed by atoms with Gasteiger partial charge < -0.3 is 4.74 Å². The molecule has 136 valence electrons. The summed E-state index contributed by atoms with van der Waals surface area (Å²) in [5, 5.41) is 0. The lowest BCUT2D eigenvalue weighted by Gasteiger charge is -2.42. The number of rotatable bonds is 5. The van der Waals surface area contributed by atoms with Crippen LogP contribution in [0.1, 0.15) is 49.9 Å². The van der Waals surface area contributed by atoms with E-state index >= 15 is 0 Å². The topological polar surface area (TPSA) is 12.5 Å². The molecule has 0 aromatic heterocycles. The van der Waals surface area contributed by atoms with Gasteiger partial charge in [0.05, 0.1) is 0 Å². The third kappa shape index (κ3) is 3.07. The molecule has 0 N–H and O–H groups in total. The van der Waals surface area contributed by atoms with E-state index in [0.29, 0.717) is 12.6 Å². The molecule has 0 saturated heterocycles. The van der Waals surface area contributed by atoms with Crippen LogP contribution in [0.5, 0.6) is 5.75 Å². The molecule has 0 unspecified atom stereocenters. The lowest BCUT2D eigenvalue weighted by molar-refractivity contribution is 0.183. The molecule has 2 aromatic carbocycles. The van der Waals surface area contributed by atoms with Crippen LogP contribution in [0.3, 0.4) is 0 Å². The summed E-state index contributed by atoms with van der Waals surface area (Å²) in [6.07, 6.45) is 5.62. The van der Waals surface area contributed by atoms with E-state index in [1.165, 1.54) is 47.3 Å². The molecule has 0 fully saturated rings. The lowest BCUT2D eigenvalue weighted by Crippen LogP contribution is -2.38. The van der Waals surface area contributed by atoms with Crippen molar-refractivity contribution in [2.45, 2.75) is 46.1 Å². The molecule has 4 rings (SSSR count). The predicted molar refractivity (Wildman–Crippen MR) is 109 cm³/mol. The second-order valence-electron chi connectivity index (χ2n) is 7.77. The fraction of sp³-hybridized carbons (Fsp3) is 0.417. The Morgan fingerprint density at radius 3 is 2.77 bits per heavy atom. The summed E-state index contributed by atoms with van der Waals surface area (Å²) in [7, 11) is 0. The highest BCUT2D eigenvalue weighted by molar-refractivity contribution is 5.80. The number of benzene rings is 2. The second-order valence-corrected chi connectivity index (χ2v) is 7.77. The average Bonchev–Trinajstić information content (AvgIpc) is 2.64. The van der Waals surface area contributed by atoms with Crippen molar-refractivity contribution in [3.8, 4) is 16.9 Å². The Labute approximate surface area is 157 Å². The maximum atomic E-state index is 6.18. The summed E-state index contributed by atoms with van der Waals surface area (Å²) in [5.41, 5.74) is 8.52. The zero-order valence-corrected chi connectivity index (χ0v) is 16.2. The lowest BCUT2D eigenvalue weighted by atomic mass is 9.77. The first-order valence-corrected chi connectivity index (χ1v) is 9.93. The van der Waals surface area contributed by atoms with Crippen LogP contribution in [-0.4, -0.2) is 24.6 Å². The van der Waals surface area contributed by atoms with Crippen molar-refractivity contribution in [1.82, 2.24) is 4.90 Å². The van der Waals surface area contributed by atoms with Gasteiger partial charge in [0, 0.05) is 18.2 Å². The molecule has 0 spiro atoms. The summed E-state index contributed by atoms with van der Waals surface area (Å²) in [6.45, 7) is 9.52. The van der Waals surface area contributed by atoms with E-state index in [1.54, 1.807) is 5.56 Å². The Morgan fingerprint density at radius 1 is 1.15 bits per heavy atom. The highest BCUT2D eigenvalue weighted by Gasteiger charge is 2.34. The Kier molecular flexibility index (Phi) is 4.86. The van der Waals surface area contributed by atoms with Crippen molar-refractivity contribution in [2.24, 2.45) is 0 Å². The van der Waals surface area contributed by atoms with E-state index in [1.807, 2.05) is 0 Å². The van der Waals surface area contributed by atoms with Crippen LogP contribution in [0.15, 0.2) is 48.0 Å². The third-order valence-electron chi connectivity index (χ3n) is 5.68.